The predicted molar refractivity (Wildman–Crippen MR) is 101 cm³/mol. The van der Waals surface area contributed by atoms with Crippen LogP contribution in [0.4, 0.5) is 11.6 Å². The molecule has 0 spiro atoms. The minimum atomic E-state index is -0.00878. The summed E-state index contributed by atoms with van der Waals surface area (Å²) >= 11 is 1.53. The van der Waals surface area contributed by atoms with Crippen LogP contribution in [0.2, 0.25) is 0 Å². The first kappa shape index (κ1) is 15.5. The molecule has 3 heterocycles. The van der Waals surface area contributed by atoms with Gasteiger partial charge in [-0.15, -0.1) is 11.3 Å². The molecule has 1 aromatic carbocycles. The van der Waals surface area contributed by atoms with Crippen LogP contribution >= 0.6 is 11.3 Å². The molecule has 0 saturated heterocycles. The number of nitrogens with one attached hydrogen (secondary N) is 1. The number of thiophene rings is 1. The Morgan fingerprint density at radius 1 is 1.16 bits per heavy atom. The van der Waals surface area contributed by atoms with E-state index < -0.39 is 0 Å². The normalized spacial score (nSPS) is 11.0. The highest BCUT2D eigenvalue weighted by Crippen LogP contribution is 2.28. The van der Waals surface area contributed by atoms with Crippen molar-refractivity contribution in [3.8, 4) is 0 Å². The fourth-order valence-electron chi connectivity index (χ4n) is 2.74. The molecule has 0 fully saturated rings. The lowest BCUT2D eigenvalue weighted by atomic mass is 10.1. The summed E-state index contributed by atoms with van der Waals surface area (Å²) in [5.41, 5.74) is 3.06. The number of hydrogen-bond acceptors (Lipinski definition) is 5. The maximum Gasteiger partial charge on any atom is 0.196 e. The second-order valence-corrected chi connectivity index (χ2v) is 6.76. The maximum absolute atomic E-state index is 12.8. The van der Waals surface area contributed by atoms with Crippen LogP contribution in [0.1, 0.15) is 21.5 Å². The van der Waals surface area contributed by atoms with Gasteiger partial charge >= 0.3 is 0 Å². The van der Waals surface area contributed by atoms with E-state index in [-0.39, 0.29) is 5.78 Å². The van der Waals surface area contributed by atoms with Crippen molar-refractivity contribution in [3.05, 3.63) is 70.7 Å². The van der Waals surface area contributed by atoms with Gasteiger partial charge in [0.15, 0.2) is 11.6 Å². The number of aryl methyl sites for hydroxylation is 2. The van der Waals surface area contributed by atoms with Crippen molar-refractivity contribution in [2.75, 3.05) is 5.32 Å². The van der Waals surface area contributed by atoms with E-state index in [0.29, 0.717) is 16.9 Å². The summed E-state index contributed by atoms with van der Waals surface area (Å²) in [4.78, 5) is 17.4. The monoisotopic (exact) mass is 348 g/mol. The first-order valence-corrected chi connectivity index (χ1v) is 8.75. The first-order chi connectivity index (χ1) is 12.1. The summed E-state index contributed by atoms with van der Waals surface area (Å²) < 4.78 is 2.74. The molecular weight excluding hydrogens is 332 g/mol. The molecule has 124 valence electrons. The van der Waals surface area contributed by atoms with Gasteiger partial charge in [-0.2, -0.15) is 5.10 Å². The van der Waals surface area contributed by atoms with Crippen molar-refractivity contribution in [2.45, 2.75) is 6.92 Å². The van der Waals surface area contributed by atoms with Crippen LogP contribution in [-0.2, 0) is 7.05 Å². The van der Waals surface area contributed by atoms with Crippen LogP contribution in [0.3, 0.4) is 0 Å². The van der Waals surface area contributed by atoms with E-state index in [2.05, 4.69) is 15.4 Å². The van der Waals surface area contributed by atoms with Gasteiger partial charge in [0.05, 0.1) is 15.8 Å². The van der Waals surface area contributed by atoms with Crippen molar-refractivity contribution in [1.29, 1.82) is 0 Å². The highest BCUT2D eigenvalue weighted by Gasteiger charge is 2.16. The van der Waals surface area contributed by atoms with Crippen molar-refractivity contribution < 1.29 is 4.79 Å². The zero-order valence-corrected chi connectivity index (χ0v) is 14.7. The SMILES string of the molecule is Cc1cn(C)nc1Nc1ccc2scc(C(=O)c3ccccc3)c2n1. The molecule has 1 N–H and O–H groups in total. The molecule has 0 bridgehead atoms. The van der Waals surface area contributed by atoms with Gasteiger partial charge in [0.2, 0.25) is 0 Å². The van der Waals surface area contributed by atoms with E-state index in [1.807, 2.05) is 68.0 Å². The molecule has 0 saturated carbocycles. The van der Waals surface area contributed by atoms with Crippen molar-refractivity contribution in [3.63, 3.8) is 0 Å². The second-order valence-electron chi connectivity index (χ2n) is 5.85. The molecule has 0 atom stereocenters. The molecule has 0 aliphatic heterocycles. The molecule has 4 rings (SSSR count). The molecule has 0 unspecified atom stereocenters. The Bertz CT molecular complexity index is 1070. The number of nitrogens with zero attached hydrogens (tertiary/aromatic N) is 3. The number of ketones is 1. The smallest absolute Gasteiger partial charge is 0.196 e. The minimum absolute atomic E-state index is 0.00878. The Morgan fingerprint density at radius 3 is 2.68 bits per heavy atom. The van der Waals surface area contributed by atoms with Gasteiger partial charge in [0, 0.05) is 29.8 Å². The van der Waals surface area contributed by atoms with Crippen LogP contribution in [-0.4, -0.2) is 20.5 Å². The molecular formula is C19H16N4OS. The molecule has 0 aliphatic carbocycles. The topological polar surface area (TPSA) is 59.8 Å². The number of pyridine rings is 1. The van der Waals surface area contributed by atoms with E-state index in [9.17, 15) is 4.79 Å². The summed E-state index contributed by atoms with van der Waals surface area (Å²) in [5, 5.41) is 9.49. The van der Waals surface area contributed by atoms with E-state index in [4.69, 9.17) is 0 Å². The van der Waals surface area contributed by atoms with Gasteiger partial charge in [-0.05, 0) is 19.1 Å². The zero-order chi connectivity index (χ0) is 17.4. The Kier molecular flexibility index (Phi) is 3.82. The van der Waals surface area contributed by atoms with Crippen LogP contribution in [0.5, 0.6) is 0 Å². The number of carbonyl (C=O) groups is 1. The quantitative estimate of drug-likeness (QED) is 0.558. The van der Waals surface area contributed by atoms with Crippen LogP contribution < -0.4 is 5.32 Å². The number of anilines is 2. The largest absolute Gasteiger partial charge is 0.323 e. The zero-order valence-electron chi connectivity index (χ0n) is 13.9. The van der Waals surface area contributed by atoms with Gasteiger partial charge in [0.25, 0.3) is 0 Å². The average Bonchev–Trinajstić information content (AvgIpc) is 3.17. The Hall–Kier alpha value is -2.99. The summed E-state index contributed by atoms with van der Waals surface area (Å²) in [5.74, 6) is 1.43. The van der Waals surface area contributed by atoms with Crippen LogP contribution in [0.15, 0.2) is 54.0 Å². The number of fused-ring (bicyclic) bond motifs is 1. The summed E-state index contributed by atoms with van der Waals surface area (Å²) in [7, 11) is 1.88. The Balaban J connectivity index is 1.73. The molecule has 0 amide bonds. The first-order valence-electron chi connectivity index (χ1n) is 7.87. The average molecular weight is 348 g/mol. The van der Waals surface area contributed by atoms with Crippen molar-refractivity contribution in [2.24, 2.45) is 7.05 Å². The highest BCUT2D eigenvalue weighted by molar-refractivity contribution is 7.17. The maximum atomic E-state index is 12.8. The standard InChI is InChI=1S/C19H16N4OS/c1-12-10-23(2)22-19(12)21-16-9-8-15-17(20-16)14(11-25-15)18(24)13-6-4-3-5-7-13/h3-11H,1-2H3,(H,20,21,22). The van der Waals surface area contributed by atoms with Crippen molar-refractivity contribution in [1.82, 2.24) is 14.8 Å². The number of carbonyl (C=O) groups excluding carboxylic acids is 1. The summed E-state index contributed by atoms with van der Waals surface area (Å²) in [6.45, 7) is 1.99. The van der Waals surface area contributed by atoms with E-state index >= 15 is 0 Å². The van der Waals surface area contributed by atoms with Crippen molar-refractivity contribution >= 4 is 39.0 Å². The molecule has 0 radical (unpaired) electrons. The fourth-order valence-corrected chi connectivity index (χ4v) is 3.62. The highest BCUT2D eigenvalue weighted by atomic mass is 32.1. The molecule has 25 heavy (non-hydrogen) atoms. The van der Waals surface area contributed by atoms with E-state index in [1.165, 1.54) is 11.3 Å². The van der Waals surface area contributed by atoms with Crippen LogP contribution in [0.25, 0.3) is 10.2 Å². The van der Waals surface area contributed by atoms with Gasteiger partial charge in [-0.1, -0.05) is 30.3 Å². The van der Waals surface area contributed by atoms with Gasteiger partial charge < -0.3 is 5.32 Å². The minimum Gasteiger partial charge on any atom is -0.323 e. The number of hydrogen-bond donors (Lipinski definition) is 1. The van der Waals surface area contributed by atoms with Gasteiger partial charge in [-0.25, -0.2) is 4.98 Å². The van der Waals surface area contributed by atoms with E-state index in [1.54, 1.807) is 4.68 Å². The summed E-state index contributed by atoms with van der Waals surface area (Å²) in [6, 6.07) is 13.2. The fraction of sp³-hybridized carbons (Fsp3) is 0.105. The molecule has 3 aromatic heterocycles. The van der Waals surface area contributed by atoms with Gasteiger partial charge in [0.1, 0.15) is 5.82 Å². The lowest BCUT2D eigenvalue weighted by Gasteiger charge is -2.04. The number of rotatable bonds is 4. The third-order valence-corrected chi connectivity index (χ3v) is 4.89. The van der Waals surface area contributed by atoms with Gasteiger partial charge in [-0.3, -0.25) is 9.48 Å². The molecule has 0 aliphatic rings. The molecule has 5 nitrogen and oxygen atoms in total. The second kappa shape index (κ2) is 6.14. The third kappa shape index (κ3) is 2.92. The summed E-state index contributed by atoms with van der Waals surface area (Å²) in [6.07, 6.45) is 1.94. The predicted octanol–water partition coefficient (Wildman–Crippen LogP) is 4.31. The lowest BCUT2D eigenvalue weighted by molar-refractivity contribution is 0.104. The number of benzene rings is 1. The lowest BCUT2D eigenvalue weighted by Crippen LogP contribution is -2.01. The molecule has 6 heteroatoms. The Labute approximate surface area is 149 Å². The number of aromatic nitrogens is 3. The third-order valence-electron chi connectivity index (χ3n) is 3.96. The molecule has 4 aromatic rings. The van der Waals surface area contributed by atoms with Crippen LogP contribution in [0, 0.1) is 6.92 Å². The van der Waals surface area contributed by atoms with E-state index in [0.717, 1.165) is 21.6 Å². The Morgan fingerprint density at radius 2 is 1.96 bits per heavy atom.